The highest BCUT2D eigenvalue weighted by Crippen LogP contribution is 2.36. The molecule has 0 radical (unpaired) electrons. The van der Waals surface area contributed by atoms with Gasteiger partial charge >= 0.3 is 0 Å². The summed E-state index contributed by atoms with van der Waals surface area (Å²) in [6, 6.07) is 20.0. The molecule has 156 valence electrons. The monoisotopic (exact) mass is 487 g/mol. The van der Waals surface area contributed by atoms with Gasteiger partial charge in [0.15, 0.2) is 16.1 Å². The van der Waals surface area contributed by atoms with E-state index < -0.39 is 5.91 Å². The molecule has 0 saturated heterocycles. The maximum absolute atomic E-state index is 12.9. The fourth-order valence-electron chi connectivity index (χ4n) is 3.52. The Kier molecular flexibility index (Phi) is 4.84. The highest BCUT2D eigenvalue weighted by Gasteiger charge is 2.25. The van der Waals surface area contributed by atoms with Crippen LogP contribution in [0.25, 0.3) is 27.9 Å². The summed E-state index contributed by atoms with van der Waals surface area (Å²) in [6.07, 6.45) is 0. The number of aromatic nitrogens is 3. The number of carbonyl (C=O) groups excluding carboxylic acids is 1. The van der Waals surface area contributed by atoms with Crippen LogP contribution in [0.5, 0.6) is 5.75 Å². The SMILES string of the molecule is COc1ccccc1-n1c(NC(=O)c2ccc(Br)o2)c(C#N)c2nc3ccccc3nc21. The number of amides is 1. The van der Waals surface area contributed by atoms with Crippen molar-refractivity contribution in [2.45, 2.75) is 0 Å². The van der Waals surface area contributed by atoms with Crippen molar-refractivity contribution in [2.24, 2.45) is 0 Å². The number of nitriles is 1. The predicted molar refractivity (Wildman–Crippen MR) is 122 cm³/mol. The van der Waals surface area contributed by atoms with Crippen molar-refractivity contribution in [3.63, 3.8) is 0 Å². The molecule has 2 aromatic carbocycles. The molecular formula is C23H14BrN5O3. The lowest BCUT2D eigenvalue weighted by atomic mass is 10.2. The highest BCUT2D eigenvalue weighted by atomic mass is 79.9. The topological polar surface area (TPSA) is 106 Å². The maximum Gasteiger partial charge on any atom is 0.292 e. The average Bonchev–Trinajstić information content (AvgIpc) is 3.38. The minimum atomic E-state index is -0.518. The van der Waals surface area contributed by atoms with Crippen molar-refractivity contribution in [3.05, 3.63) is 76.7 Å². The van der Waals surface area contributed by atoms with Gasteiger partial charge in [-0.15, -0.1) is 0 Å². The van der Waals surface area contributed by atoms with E-state index in [4.69, 9.17) is 14.1 Å². The summed E-state index contributed by atoms with van der Waals surface area (Å²) in [4.78, 5) is 22.3. The molecule has 0 spiro atoms. The van der Waals surface area contributed by atoms with E-state index in [-0.39, 0.29) is 17.1 Å². The van der Waals surface area contributed by atoms with E-state index in [0.717, 1.165) is 0 Å². The quantitative estimate of drug-likeness (QED) is 0.379. The van der Waals surface area contributed by atoms with Crippen LogP contribution in [0.4, 0.5) is 5.82 Å². The normalized spacial score (nSPS) is 10.9. The van der Waals surface area contributed by atoms with Gasteiger partial charge < -0.3 is 14.5 Å². The summed E-state index contributed by atoms with van der Waals surface area (Å²) in [5, 5.41) is 12.8. The Morgan fingerprint density at radius 1 is 1.09 bits per heavy atom. The van der Waals surface area contributed by atoms with Crippen LogP contribution in [-0.4, -0.2) is 27.6 Å². The van der Waals surface area contributed by atoms with Crippen molar-refractivity contribution < 1.29 is 13.9 Å². The van der Waals surface area contributed by atoms with Gasteiger partial charge in [-0.1, -0.05) is 24.3 Å². The van der Waals surface area contributed by atoms with E-state index in [1.165, 1.54) is 6.07 Å². The molecule has 3 aromatic heterocycles. The molecule has 0 bridgehead atoms. The number of benzene rings is 2. The molecule has 0 aliphatic heterocycles. The van der Waals surface area contributed by atoms with Crippen LogP contribution in [0.2, 0.25) is 0 Å². The molecule has 1 amide bonds. The first-order valence-electron chi connectivity index (χ1n) is 9.52. The van der Waals surface area contributed by atoms with Gasteiger partial charge in [-0.2, -0.15) is 5.26 Å². The fourth-order valence-corrected chi connectivity index (χ4v) is 3.83. The number of anilines is 1. The number of halogens is 1. The maximum atomic E-state index is 12.9. The number of para-hydroxylation sites is 4. The number of ether oxygens (including phenoxy) is 1. The van der Waals surface area contributed by atoms with Gasteiger partial charge in [0, 0.05) is 0 Å². The smallest absolute Gasteiger partial charge is 0.292 e. The summed E-state index contributed by atoms with van der Waals surface area (Å²) < 4.78 is 13.0. The van der Waals surface area contributed by atoms with Crippen LogP contribution in [0.15, 0.2) is 69.8 Å². The van der Waals surface area contributed by atoms with Crippen molar-refractivity contribution in [2.75, 3.05) is 12.4 Å². The minimum absolute atomic E-state index is 0.0867. The Labute approximate surface area is 190 Å². The Morgan fingerprint density at radius 2 is 1.81 bits per heavy atom. The van der Waals surface area contributed by atoms with E-state index in [9.17, 15) is 10.1 Å². The molecule has 5 aromatic rings. The van der Waals surface area contributed by atoms with E-state index in [0.29, 0.717) is 38.3 Å². The third-order valence-corrected chi connectivity index (χ3v) is 5.35. The largest absolute Gasteiger partial charge is 0.495 e. The van der Waals surface area contributed by atoms with Crippen LogP contribution in [0, 0.1) is 11.3 Å². The predicted octanol–water partition coefficient (Wildman–Crippen LogP) is 5.06. The molecule has 0 aliphatic carbocycles. The zero-order chi connectivity index (χ0) is 22.2. The third-order valence-electron chi connectivity index (χ3n) is 4.93. The van der Waals surface area contributed by atoms with E-state index in [2.05, 4.69) is 32.3 Å². The Hall–Kier alpha value is -4.16. The first-order chi connectivity index (χ1) is 15.6. The Bertz CT molecular complexity index is 1550. The van der Waals surface area contributed by atoms with Crippen LogP contribution in [0.1, 0.15) is 16.1 Å². The molecule has 0 atom stereocenters. The first-order valence-corrected chi connectivity index (χ1v) is 10.3. The third kappa shape index (κ3) is 3.18. The number of hydrogen-bond donors (Lipinski definition) is 1. The van der Waals surface area contributed by atoms with Gasteiger partial charge in [-0.05, 0) is 52.3 Å². The zero-order valence-electron chi connectivity index (χ0n) is 16.7. The molecule has 5 rings (SSSR count). The van der Waals surface area contributed by atoms with Gasteiger partial charge in [-0.25, -0.2) is 9.97 Å². The summed E-state index contributed by atoms with van der Waals surface area (Å²) in [5.74, 6) is 0.333. The number of nitrogens with one attached hydrogen (secondary N) is 1. The van der Waals surface area contributed by atoms with Crippen LogP contribution in [-0.2, 0) is 0 Å². The van der Waals surface area contributed by atoms with Crippen LogP contribution >= 0.6 is 15.9 Å². The Balaban J connectivity index is 1.83. The molecule has 0 saturated carbocycles. The molecule has 0 aliphatic rings. The van der Waals surface area contributed by atoms with Crippen molar-refractivity contribution in [1.82, 2.24) is 14.5 Å². The number of hydrogen-bond acceptors (Lipinski definition) is 6. The van der Waals surface area contributed by atoms with Gasteiger partial charge in [-0.3, -0.25) is 9.36 Å². The molecule has 3 heterocycles. The number of rotatable bonds is 4. The molecule has 8 nitrogen and oxygen atoms in total. The summed E-state index contributed by atoms with van der Waals surface area (Å²) in [5.41, 5.74) is 2.87. The standard InChI is InChI=1S/C23H14BrN5O3/c1-31-17-9-5-4-8-16(17)29-21(28-23(30)18-10-11-19(24)32-18)13(12-25)20-22(29)27-15-7-3-2-6-14(15)26-20/h2-11H,1H3,(H,28,30). The number of fused-ring (bicyclic) bond motifs is 2. The second-order valence-electron chi connectivity index (χ2n) is 6.79. The molecule has 1 N–H and O–H groups in total. The number of nitrogens with zero attached hydrogens (tertiary/aromatic N) is 4. The second kappa shape index (κ2) is 7.83. The minimum Gasteiger partial charge on any atom is -0.495 e. The van der Waals surface area contributed by atoms with Crippen molar-refractivity contribution in [1.29, 1.82) is 5.26 Å². The van der Waals surface area contributed by atoms with Crippen molar-refractivity contribution in [3.8, 4) is 17.5 Å². The lowest BCUT2D eigenvalue weighted by Crippen LogP contribution is -2.15. The van der Waals surface area contributed by atoms with E-state index in [1.807, 2.05) is 42.5 Å². The molecule has 32 heavy (non-hydrogen) atoms. The van der Waals surface area contributed by atoms with Crippen LogP contribution < -0.4 is 10.1 Å². The van der Waals surface area contributed by atoms with Crippen molar-refractivity contribution >= 4 is 49.9 Å². The number of methoxy groups -OCH3 is 1. The Morgan fingerprint density at radius 3 is 2.50 bits per heavy atom. The van der Waals surface area contributed by atoms with Gasteiger partial charge in [0.1, 0.15) is 28.7 Å². The summed E-state index contributed by atoms with van der Waals surface area (Å²) >= 11 is 3.20. The molecule has 9 heteroatoms. The van der Waals surface area contributed by atoms with E-state index >= 15 is 0 Å². The lowest BCUT2D eigenvalue weighted by molar-refractivity contribution is 0.0995. The fraction of sp³-hybridized carbons (Fsp3) is 0.0435. The summed E-state index contributed by atoms with van der Waals surface area (Å²) in [6.45, 7) is 0. The van der Waals surface area contributed by atoms with Crippen LogP contribution in [0.3, 0.4) is 0 Å². The van der Waals surface area contributed by atoms with Gasteiger partial charge in [0.05, 0.1) is 23.8 Å². The first kappa shape index (κ1) is 19.8. The molecular weight excluding hydrogens is 474 g/mol. The molecule has 0 unspecified atom stereocenters. The van der Waals surface area contributed by atoms with E-state index in [1.54, 1.807) is 23.8 Å². The number of furan rings is 1. The number of carbonyl (C=O) groups is 1. The van der Waals surface area contributed by atoms with Gasteiger partial charge in [0.25, 0.3) is 5.91 Å². The lowest BCUT2D eigenvalue weighted by Gasteiger charge is -2.14. The van der Waals surface area contributed by atoms with Gasteiger partial charge in [0.2, 0.25) is 0 Å². The highest BCUT2D eigenvalue weighted by molar-refractivity contribution is 9.10. The molecule has 0 fully saturated rings. The summed E-state index contributed by atoms with van der Waals surface area (Å²) in [7, 11) is 1.55. The zero-order valence-corrected chi connectivity index (χ0v) is 18.3. The second-order valence-corrected chi connectivity index (χ2v) is 7.57. The average molecular weight is 488 g/mol.